The van der Waals surface area contributed by atoms with E-state index in [1.807, 2.05) is 16.8 Å². The molecule has 2 aliphatic rings. The van der Waals surface area contributed by atoms with Crippen LogP contribution in [0.4, 0.5) is 0 Å². The van der Waals surface area contributed by atoms with E-state index in [0.29, 0.717) is 18.2 Å². The van der Waals surface area contributed by atoms with Crippen molar-refractivity contribution in [1.29, 1.82) is 0 Å². The van der Waals surface area contributed by atoms with E-state index in [9.17, 15) is 13.2 Å². The second-order valence-electron chi connectivity index (χ2n) is 5.86. The molecule has 1 amide bonds. The van der Waals surface area contributed by atoms with Crippen LogP contribution in [0.25, 0.3) is 0 Å². The Morgan fingerprint density at radius 1 is 1.29 bits per heavy atom. The molecule has 7 heteroatoms. The van der Waals surface area contributed by atoms with Crippen LogP contribution in [0.5, 0.6) is 0 Å². The second-order valence-corrected chi connectivity index (χ2v) is 8.08. The Balaban J connectivity index is 1.69. The molecule has 116 valence electrons. The van der Waals surface area contributed by atoms with Crippen LogP contribution in [-0.4, -0.2) is 49.5 Å². The van der Waals surface area contributed by atoms with E-state index in [-0.39, 0.29) is 23.5 Å². The third-order valence-corrected chi connectivity index (χ3v) is 6.05. The van der Waals surface area contributed by atoms with Gasteiger partial charge in [0.05, 0.1) is 11.5 Å². The average molecular weight is 311 g/mol. The quantitative estimate of drug-likeness (QED) is 0.843. The zero-order chi connectivity index (χ0) is 14.9. The predicted molar refractivity (Wildman–Crippen MR) is 80.1 cm³/mol. The van der Waals surface area contributed by atoms with Gasteiger partial charge in [0.2, 0.25) is 0 Å². The van der Waals surface area contributed by atoms with Crippen LogP contribution in [0.1, 0.15) is 35.8 Å². The summed E-state index contributed by atoms with van der Waals surface area (Å²) in [4.78, 5) is 12.4. The van der Waals surface area contributed by atoms with E-state index in [1.54, 1.807) is 6.07 Å². The molecule has 0 aliphatic carbocycles. The van der Waals surface area contributed by atoms with Gasteiger partial charge in [0.25, 0.3) is 5.91 Å². The molecule has 0 aromatic carbocycles. The summed E-state index contributed by atoms with van der Waals surface area (Å²) in [5, 5.41) is 6.17. The average Bonchev–Trinajstić information content (AvgIpc) is 3.06. The molecule has 1 aromatic rings. The van der Waals surface area contributed by atoms with Gasteiger partial charge in [0.15, 0.2) is 9.84 Å². The normalized spacial score (nSPS) is 25.8. The van der Waals surface area contributed by atoms with E-state index in [1.165, 1.54) is 0 Å². The van der Waals surface area contributed by atoms with E-state index in [4.69, 9.17) is 0 Å². The number of carbonyl (C=O) groups excluding carboxylic acids is 1. The minimum atomic E-state index is -2.97. The fourth-order valence-electron chi connectivity index (χ4n) is 3.16. The smallest absolute Gasteiger partial charge is 0.268 e. The molecule has 2 saturated heterocycles. The van der Waals surface area contributed by atoms with Crippen LogP contribution in [0.2, 0.25) is 0 Å². The standard InChI is InChI=1S/C14H21N3O3S/c18-14(16-11-5-9-21(19,20)10-11)13-2-1-8-17(13)12-3-6-15-7-4-12/h1-2,8,11-12,15H,3-7,9-10H2,(H,16,18). The number of hydrogen-bond acceptors (Lipinski definition) is 4. The third kappa shape index (κ3) is 3.29. The van der Waals surface area contributed by atoms with Gasteiger partial charge in [0, 0.05) is 18.3 Å². The minimum absolute atomic E-state index is 0.0623. The lowest BCUT2D eigenvalue weighted by atomic mass is 10.1. The predicted octanol–water partition coefficient (Wildman–Crippen LogP) is 0.329. The lowest BCUT2D eigenvalue weighted by molar-refractivity contribution is 0.0928. The summed E-state index contributed by atoms with van der Waals surface area (Å²) in [6, 6.07) is 3.77. The first-order chi connectivity index (χ1) is 10.1. The molecule has 0 bridgehead atoms. The summed E-state index contributed by atoms with van der Waals surface area (Å²) in [5.74, 6) is 0.0701. The van der Waals surface area contributed by atoms with Gasteiger partial charge in [-0.3, -0.25) is 4.79 Å². The lowest BCUT2D eigenvalue weighted by Gasteiger charge is -2.26. The monoisotopic (exact) mass is 311 g/mol. The number of carbonyl (C=O) groups is 1. The molecule has 1 unspecified atom stereocenters. The van der Waals surface area contributed by atoms with Crippen molar-refractivity contribution >= 4 is 15.7 Å². The van der Waals surface area contributed by atoms with Crippen molar-refractivity contribution in [2.24, 2.45) is 0 Å². The Bertz CT molecular complexity index is 617. The zero-order valence-corrected chi connectivity index (χ0v) is 12.7. The summed E-state index contributed by atoms with van der Waals surface area (Å²) in [7, 11) is -2.97. The topological polar surface area (TPSA) is 80.2 Å². The molecule has 6 nitrogen and oxygen atoms in total. The van der Waals surface area contributed by atoms with E-state index in [0.717, 1.165) is 25.9 Å². The molecule has 2 aliphatic heterocycles. The fraction of sp³-hybridized carbons (Fsp3) is 0.643. The summed E-state index contributed by atoms with van der Waals surface area (Å²) in [6.07, 6.45) is 4.47. The molecule has 2 N–H and O–H groups in total. The number of amides is 1. The van der Waals surface area contributed by atoms with Crippen LogP contribution in [0, 0.1) is 0 Å². The van der Waals surface area contributed by atoms with Crippen molar-refractivity contribution in [3.63, 3.8) is 0 Å². The molecule has 0 radical (unpaired) electrons. The number of hydrogen-bond donors (Lipinski definition) is 2. The minimum Gasteiger partial charge on any atom is -0.347 e. The molecular formula is C14H21N3O3S. The van der Waals surface area contributed by atoms with Crippen LogP contribution < -0.4 is 10.6 Å². The molecule has 0 saturated carbocycles. The highest BCUT2D eigenvalue weighted by Gasteiger charge is 2.30. The van der Waals surface area contributed by atoms with Gasteiger partial charge in [0.1, 0.15) is 5.69 Å². The molecule has 21 heavy (non-hydrogen) atoms. The highest BCUT2D eigenvalue weighted by atomic mass is 32.2. The number of rotatable bonds is 3. The number of piperidine rings is 1. The molecule has 1 aromatic heterocycles. The summed E-state index contributed by atoms with van der Waals surface area (Å²) < 4.78 is 24.9. The highest BCUT2D eigenvalue weighted by molar-refractivity contribution is 7.91. The number of nitrogens with zero attached hydrogens (tertiary/aromatic N) is 1. The number of sulfone groups is 1. The van der Waals surface area contributed by atoms with E-state index < -0.39 is 9.84 Å². The van der Waals surface area contributed by atoms with Crippen molar-refractivity contribution in [3.8, 4) is 0 Å². The van der Waals surface area contributed by atoms with Crippen LogP contribution in [0.3, 0.4) is 0 Å². The van der Waals surface area contributed by atoms with Crippen LogP contribution in [0.15, 0.2) is 18.3 Å². The Hall–Kier alpha value is -1.34. The van der Waals surface area contributed by atoms with E-state index >= 15 is 0 Å². The van der Waals surface area contributed by atoms with E-state index in [2.05, 4.69) is 10.6 Å². The SMILES string of the molecule is O=C(NC1CCS(=O)(=O)C1)c1cccn1C1CCNCC1. The highest BCUT2D eigenvalue weighted by Crippen LogP contribution is 2.21. The van der Waals surface area contributed by atoms with Crippen molar-refractivity contribution in [1.82, 2.24) is 15.2 Å². The van der Waals surface area contributed by atoms with Gasteiger partial charge in [-0.25, -0.2) is 8.42 Å². The van der Waals surface area contributed by atoms with Gasteiger partial charge >= 0.3 is 0 Å². The van der Waals surface area contributed by atoms with Crippen molar-refractivity contribution in [3.05, 3.63) is 24.0 Å². The maximum Gasteiger partial charge on any atom is 0.268 e. The van der Waals surface area contributed by atoms with Crippen molar-refractivity contribution in [2.45, 2.75) is 31.3 Å². The first-order valence-electron chi connectivity index (χ1n) is 7.44. The molecule has 3 rings (SSSR count). The number of nitrogens with one attached hydrogen (secondary N) is 2. The summed E-state index contributed by atoms with van der Waals surface area (Å²) >= 11 is 0. The number of aromatic nitrogens is 1. The van der Waals surface area contributed by atoms with Crippen molar-refractivity contribution in [2.75, 3.05) is 24.6 Å². The Morgan fingerprint density at radius 3 is 2.71 bits per heavy atom. The summed E-state index contributed by atoms with van der Waals surface area (Å²) in [6.45, 7) is 1.93. The van der Waals surface area contributed by atoms with Gasteiger partial charge in [-0.15, -0.1) is 0 Å². The molecular weight excluding hydrogens is 290 g/mol. The third-order valence-electron chi connectivity index (χ3n) is 4.28. The zero-order valence-electron chi connectivity index (χ0n) is 11.9. The molecule has 2 fully saturated rings. The van der Waals surface area contributed by atoms with Crippen LogP contribution in [-0.2, 0) is 9.84 Å². The fourth-order valence-corrected chi connectivity index (χ4v) is 4.83. The lowest BCUT2D eigenvalue weighted by Crippen LogP contribution is -2.38. The Morgan fingerprint density at radius 2 is 2.05 bits per heavy atom. The van der Waals surface area contributed by atoms with Crippen LogP contribution >= 0.6 is 0 Å². The van der Waals surface area contributed by atoms with Gasteiger partial charge in [-0.1, -0.05) is 0 Å². The maximum atomic E-state index is 12.4. The first kappa shape index (κ1) is 14.6. The Labute approximate surface area is 124 Å². The van der Waals surface area contributed by atoms with Gasteiger partial charge in [-0.2, -0.15) is 0 Å². The molecule has 1 atom stereocenters. The Kier molecular flexibility index (Phi) is 4.03. The van der Waals surface area contributed by atoms with Gasteiger partial charge < -0.3 is 15.2 Å². The molecule has 3 heterocycles. The van der Waals surface area contributed by atoms with Gasteiger partial charge in [-0.05, 0) is 44.5 Å². The largest absolute Gasteiger partial charge is 0.347 e. The second kappa shape index (κ2) is 5.81. The van der Waals surface area contributed by atoms with Crippen molar-refractivity contribution < 1.29 is 13.2 Å². The molecule has 0 spiro atoms. The first-order valence-corrected chi connectivity index (χ1v) is 9.26. The summed E-state index contributed by atoms with van der Waals surface area (Å²) in [5.41, 5.74) is 0.631. The maximum absolute atomic E-state index is 12.4.